The first-order valence-corrected chi connectivity index (χ1v) is 8.28. The Balaban J connectivity index is 1.67. The zero-order valence-corrected chi connectivity index (χ0v) is 14.9. The van der Waals surface area contributed by atoms with Gasteiger partial charge in [0.15, 0.2) is 0 Å². The molecule has 0 heterocycles. The van der Waals surface area contributed by atoms with Gasteiger partial charge in [-0.2, -0.15) is 5.10 Å². The van der Waals surface area contributed by atoms with Crippen LogP contribution in [0, 0.1) is 0 Å². The number of carbonyl (C=O) groups excluding carboxylic acids is 3. The monoisotopic (exact) mass is 367 g/mol. The van der Waals surface area contributed by atoms with Crippen LogP contribution >= 0.6 is 0 Å². The summed E-state index contributed by atoms with van der Waals surface area (Å²) in [6, 6.07) is 16.0. The van der Waals surface area contributed by atoms with E-state index in [9.17, 15) is 14.4 Å². The van der Waals surface area contributed by atoms with Gasteiger partial charge in [-0.25, -0.2) is 10.2 Å². The van der Waals surface area contributed by atoms with Crippen molar-refractivity contribution in [2.24, 2.45) is 5.10 Å². The van der Waals surface area contributed by atoms with Crippen molar-refractivity contribution < 1.29 is 14.4 Å². The van der Waals surface area contributed by atoms with Crippen LogP contribution in [-0.4, -0.2) is 30.6 Å². The Labute approximate surface area is 157 Å². The molecule has 0 bridgehead atoms. The zero-order chi connectivity index (χ0) is 19.5. The second kappa shape index (κ2) is 10.3. The van der Waals surface area contributed by atoms with E-state index in [-0.39, 0.29) is 12.5 Å². The second-order valence-electron chi connectivity index (χ2n) is 5.62. The maximum absolute atomic E-state index is 11.7. The minimum Gasteiger partial charge on any atom is -0.334 e. The molecule has 27 heavy (non-hydrogen) atoms. The molecule has 0 saturated heterocycles. The lowest BCUT2D eigenvalue weighted by Gasteiger charge is -2.07. The molecule has 0 aliphatic rings. The van der Waals surface area contributed by atoms with Crippen LogP contribution < -0.4 is 21.4 Å². The maximum atomic E-state index is 11.7. The maximum Gasteiger partial charge on any atom is 0.315 e. The lowest BCUT2D eigenvalue weighted by atomic mass is 10.2. The molecule has 2 aromatic carbocycles. The van der Waals surface area contributed by atoms with Crippen LogP contribution in [0.15, 0.2) is 59.7 Å². The van der Waals surface area contributed by atoms with Gasteiger partial charge in [0.2, 0.25) is 5.91 Å². The van der Waals surface area contributed by atoms with Crippen molar-refractivity contribution in [3.05, 3.63) is 65.7 Å². The van der Waals surface area contributed by atoms with E-state index in [1.165, 1.54) is 13.1 Å². The largest absolute Gasteiger partial charge is 0.334 e. The van der Waals surface area contributed by atoms with Crippen molar-refractivity contribution in [2.75, 3.05) is 11.9 Å². The van der Waals surface area contributed by atoms with Gasteiger partial charge in [-0.15, -0.1) is 0 Å². The molecule has 0 aliphatic heterocycles. The van der Waals surface area contributed by atoms with E-state index in [2.05, 4.69) is 26.5 Å². The summed E-state index contributed by atoms with van der Waals surface area (Å²) in [4.78, 5) is 34.3. The third kappa shape index (κ3) is 7.82. The number of anilines is 1. The zero-order valence-electron chi connectivity index (χ0n) is 14.9. The standard InChI is InChI=1S/C19H21N5O3/c1-14(25)23-17-9-7-16(8-10-17)12-22-24-18(26)13-21-19(27)20-11-15-5-3-2-4-6-15/h2-10,12H,11,13H2,1H3,(H,23,25)(H,24,26)(H2,20,21,27)/b22-12+. The van der Waals surface area contributed by atoms with Crippen LogP contribution in [-0.2, 0) is 16.1 Å². The molecular formula is C19H21N5O3. The van der Waals surface area contributed by atoms with E-state index in [0.717, 1.165) is 11.1 Å². The number of benzene rings is 2. The molecule has 0 aliphatic carbocycles. The molecule has 8 nitrogen and oxygen atoms in total. The minimum atomic E-state index is -0.448. The molecule has 4 amide bonds. The first kappa shape index (κ1) is 19.6. The molecular weight excluding hydrogens is 346 g/mol. The van der Waals surface area contributed by atoms with Crippen molar-refractivity contribution in [1.29, 1.82) is 0 Å². The van der Waals surface area contributed by atoms with Gasteiger partial charge in [0.25, 0.3) is 5.91 Å². The number of rotatable bonds is 7. The topological polar surface area (TPSA) is 112 Å². The summed E-state index contributed by atoms with van der Waals surface area (Å²) in [5.74, 6) is -0.597. The molecule has 0 aromatic heterocycles. The predicted octanol–water partition coefficient (Wildman–Crippen LogP) is 1.59. The third-order valence-corrected chi connectivity index (χ3v) is 3.34. The van der Waals surface area contributed by atoms with Crippen molar-refractivity contribution in [3.63, 3.8) is 0 Å². The molecule has 0 radical (unpaired) electrons. The van der Waals surface area contributed by atoms with E-state index >= 15 is 0 Å². The van der Waals surface area contributed by atoms with Crippen LogP contribution in [0.25, 0.3) is 0 Å². The van der Waals surface area contributed by atoms with Crippen LogP contribution in [0.3, 0.4) is 0 Å². The Hall–Kier alpha value is -3.68. The number of carbonyl (C=O) groups is 3. The Morgan fingerprint density at radius 3 is 2.33 bits per heavy atom. The smallest absolute Gasteiger partial charge is 0.315 e. The first-order chi connectivity index (χ1) is 13.0. The molecule has 0 saturated carbocycles. The van der Waals surface area contributed by atoms with Crippen LogP contribution in [0.1, 0.15) is 18.1 Å². The summed E-state index contributed by atoms with van der Waals surface area (Å²) in [5, 5.41) is 11.6. The van der Waals surface area contributed by atoms with Gasteiger partial charge in [-0.05, 0) is 23.3 Å². The molecule has 8 heteroatoms. The van der Waals surface area contributed by atoms with E-state index < -0.39 is 11.9 Å². The van der Waals surface area contributed by atoms with Crippen molar-refractivity contribution in [3.8, 4) is 0 Å². The molecule has 4 N–H and O–H groups in total. The highest BCUT2D eigenvalue weighted by atomic mass is 16.2. The molecule has 0 spiro atoms. The average molecular weight is 367 g/mol. The number of nitrogens with one attached hydrogen (secondary N) is 4. The lowest BCUT2D eigenvalue weighted by molar-refractivity contribution is -0.120. The second-order valence-corrected chi connectivity index (χ2v) is 5.62. The highest BCUT2D eigenvalue weighted by Gasteiger charge is 2.04. The SMILES string of the molecule is CC(=O)Nc1ccc(/C=N/NC(=O)CNC(=O)NCc2ccccc2)cc1. The van der Waals surface area contributed by atoms with E-state index in [0.29, 0.717) is 12.2 Å². The Morgan fingerprint density at radius 2 is 1.67 bits per heavy atom. The normalized spacial score (nSPS) is 10.3. The van der Waals surface area contributed by atoms with Crippen LogP contribution in [0.2, 0.25) is 0 Å². The first-order valence-electron chi connectivity index (χ1n) is 8.28. The summed E-state index contributed by atoms with van der Waals surface area (Å²) in [6.07, 6.45) is 1.46. The number of hydrogen-bond donors (Lipinski definition) is 4. The average Bonchev–Trinajstić information content (AvgIpc) is 2.66. The summed E-state index contributed by atoms with van der Waals surface area (Å²) in [6.45, 7) is 1.61. The molecule has 0 fully saturated rings. The molecule has 2 rings (SSSR count). The number of amides is 4. The van der Waals surface area contributed by atoms with Crippen molar-refractivity contribution in [2.45, 2.75) is 13.5 Å². The number of nitrogens with zero attached hydrogens (tertiary/aromatic N) is 1. The fraction of sp³-hybridized carbons (Fsp3) is 0.158. The Kier molecular flexibility index (Phi) is 7.52. The fourth-order valence-corrected chi connectivity index (χ4v) is 2.08. The summed E-state index contributed by atoms with van der Waals surface area (Å²) in [7, 11) is 0. The van der Waals surface area contributed by atoms with E-state index in [4.69, 9.17) is 0 Å². The predicted molar refractivity (Wildman–Crippen MR) is 103 cm³/mol. The van der Waals surface area contributed by atoms with E-state index in [1.54, 1.807) is 24.3 Å². The highest BCUT2D eigenvalue weighted by molar-refractivity contribution is 5.89. The van der Waals surface area contributed by atoms with Gasteiger partial charge in [-0.3, -0.25) is 9.59 Å². The van der Waals surface area contributed by atoms with Crippen molar-refractivity contribution in [1.82, 2.24) is 16.1 Å². The summed E-state index contributed by atoms with van der Waals surface area (Å²) >= 11 is 0. The van der Waals surface area contributed by atoms with Crippen LogP contribution in [0.5, 0.6) is 0 Å². The number of hydrazone groups is 1. The molecule has 2 aromatic rings. The van der Waals surface area contributed by atoms with Crippen LogP contribution in [0.4, 0.5) is 10.5 Å². The van der Waals surface area contributed by atoms with Gasteiger partial charge >= 0.3 is 6.03 Å². The highest BCUT2D eigenvalue weighted by Crippen LogP contribution is 2.07. The van der Waals surface area contributed by atoms with Gasteiger partial charge in [0, 0.05) is 19.2 Å². The third-order valence-electron chi connectivity index (χ3n) is 3.34. The number of hydrogen-bond acceptors (Lipinski definition) is 4. The van der Waals surface area contributed by atoms with Crippen molar-refractivity contribution >= 4 is 29.7 Å². The summed E-state index contributed by atoms with van der Waals surface area (Å²) in [5.41, 5.74) is 4.71. The summed E-state index contributed by atoms with van der Waals surface area (Å²) < 4.78 is 0. The van der Waals surface area contributed by atoms with Gasteiger partial charge < -0.3 is 16.0 Å². The fourth-order valence-electron chi connectivity index (χ4n) is 2.08. The van der Waals surface area contributed by atoms with Gasteiger partial charge in [0.05, 0.1) is 6.21 Å². The molecule has 0 atom stereocenters. The minimum absolute atomic E-state index is 0.149. The molecule has 0 unspecified atom stereocenters. The quantitative estimate of drug-likeness (QED) is 0.440. The van der Waals surface area contributed by atoms with E-state index in [1.807, 2.05) is 30.3 Å². The lowest BCUT2D eigenvalue weighted by Crippen LogP contribution is -2.40. The van der Waals surface area contributed by atoms with Gasteiger partial charge in [0.1, 0.15) is 6.54 Å². The Bertz CT molecular complexity index is 804. The Morgan fingerprint density at radius 1 is 0.963 bits per heavy atom. The molecule has 140 valence electrons. The van der Waals surface area contributed by atoms with Gasteiger partial charge in [-0.1, -0.05) is 42.5 Å². The number of urea groups is 1.